The zero-order valence-electron chi connectivity index (χ0n) is 15.9. The molecule has 148 valence electrons. The number of hydrogen-bond acceptors (Lipinski definition) is 4. The van der Waals surface area contributed by atoms with Crippen molar-refractivity contribution in [3.8, 4) is 11.3 Å². The van der Waals surface area contributed by atoms with E-state index in [-0.39, 0.29) is 18.2 Å². The number of amides is 2. The zero-order valence-corrected chi connectivity index (χ0v) is 16.7. The van der Waals surface area contributed by atoms with Crippen LogP contribution in [0.15, 0.2) is 47.8 Å². The first-order valence-electron chi connectivity index (χ1n) is 9.48. The first-order valence-corrected chi connectivity index (χ1v) is 10.4. The van der Waals surface area contributed by atoms with Crippen molar-refractivity contribution in [1.82, 2.24) is 4.98 Å². The predicted octanol–water partition coefficient (Wildman–Crippen LogP) is 4.97. The smallest absolute Gasteiger partial charge is 0.234 e. The summed E-state index contributed by atoms with van der Waals surface area (Å²) in [5.41, 5.74) is 4.00. The van der Waals surface area contributed by atoms with E-state index in [0.29, 0.717) is 16.4 Å². The molecule has 0 radical (unpaired) electrons. The van der Waals surface area contributed by atoms with E-state index in [4.69, 9.17) is 0 Å². The van der Waals surface area contributed by atoms with Crippen LogP contribution in [-0.4, -0.2) is 16.8 Å². The number of halogens is 1. The van der Waals surface area contributed by atoms with Crippen molar-refractivity contribution in [2.24, 2.45) is 0 Å². The fourth-order valence-electron chi connectivity index (χ4n) is 3.46. The van der Waals surface area contributed by atoms with Gasteiger partial charge < -0.3 is 10.6 Å². The Kier molecular flexibility index (Phi) is 5.40. The lowest BCUT2D eigenvalue weighted by Gasteiger charge is -2.24. The van der Waals surface area contributed by atoms with Gasteiger partial charge in [-0.1, -0.05) is 43.7 Å². The van der Waals surface area contributed by atoms with Crippen molar-refractivity contribution in [1.29, 1.82) is 0 Å². The molecule has 7 heteroatoms. The lowest BCUT2D eigenvalue weighted by Crippen LogP contribution is -2.30. The Labute approximate surface area is 172 Å². The van der Waals surface area contributed by atoms with Gasteiger partial charge in [-0.15, -0.1) is 11.3 Å². The number of hydrogen-bond donors (Lipinski definition) is 2. The number of nitrogens with one attached hydrogen (secondary N) is 2. The average Bonchev–Trinajstić information content (AvgIpc) is 3.16. The van der Waals surface area contributed by atoms with Gasteiger partial charge in [0, 0.05) is 23.1 Å². The first kappa shape index (κ1) is 19.3. The molecular formula is C22H20FN3O2S. The van der Waals surface area contributed by atoms with Gasteiger partial charge in [-0.2, -0.15) is 0 Å². The molecule has 0 aliphatic carbocycles. The number of benzene rings is 2. The fourth-order valence-corrected chi connectivity index (χ4v) is 4.18. The third-order valence-corrected chi connectivity index (χ3v) is 5.65. The van der Waals surface area contributed by atoms with Crippen molar-refractivity contribution < 1.29 is 14.0 Å². The standard InChI is InChI=1S/C22H20FN3O2S/c1-2-3-13-4-6-14(7-5-13)19-12-29-22(25-19)26-21(28)17-11-20(27)24-18-10-15(23)8-9-16(17)18/h4-10,12,17H,2-3,11H2,1H3,(H,24,27)(H,25,26,28). The van der Waals surface area contributed by atoms with Crippen LogP contribution in [0, 0.1) is 5.82 Å². The molecule has 2 heterocycles. The van der Waals surface area contributed by atoms with Gasteiger partial charge in [-0.3, -0.25) is 9.59 Å². The molecule has 0 saturated carbocycles. The molecule has 3 aromatic rings. The van der Waals surface area contributed by atoms with E-state index in [1.165, 1.54) is 29.0 Å². The van der Waals surface area contributed by atoms with E-state index in [1.807, 2.05) is 17.5 Å². The number of carbonyl (C=O) groups is 2. The molecule has 0 spiro atoms. The highest BCUT2D eigenvalue weighted by atomic mass is 32.1. The highest BCUT2D eigenvalue weighted by Crippen LogP contribution is 2.34. The Bertz CT molecular complexity index is 1060. The molecule has 1 aromatic heterocycles. The summed E-state index contributed by atoms with van der Waals surface area (Å²) in [5, 5.41) is 7.78. The molecule has 1 aliphatic heterocycles. The van der Waals surface area contributed by atoms with Gasteiger partial charge in [0.05, 0.1) is 11.6 Å². The van der Waals surface area contributed by atoms with Gasteiger partial charge in [0.25, 0.3) is 0 Å². The third-order valence-electron chi connectivity index (χ3n) is 4.89. The van der Waals surface area contributed by atoms with E-state index >= 15 is 0 Å². The van der Waals surface area contributed by atoms with Crippen LogP contribution < -0.4 is 10.6 Å². The van der Waals surface area contributed by atoms with Crippen LogP contribution in [0.2, 0.25) is 0 Å². The Balaban J connectivity index is 1.50. The maximum absolute atomic E-state index is 13.5. The van der Waals surface area contributed by atoms with Gasteiger partial charge in [-0.05, 0) is 29.7 Å². The Morgan fingerprint density at radius 2 is 2.07 bits per heavy atom. The number of fused-ring (bicyclic) bond motifs is 1. The lowest BCUT2D eigenvalue weighted by atomic mass is 9.90. The SMILES string of the molecule is CCCc1ccc(-c2csc(NC(=O)C3CC(=O)Nc4cc(F)ccc43)n2)cc1. The minimum atomic E-state index is -0.681. The van der Waals surface area contributed by atoms with E-state index < -0.39 is 11.7 Å². The molecule has 2 N–H and O–H groups in total. The van der Waals surface area contributed by atoms with Crippen LogP contribution in [0.4, 0.5) is 15.2 Å². The molecular weight excluding hydrogens is 389 g/mol. The number of carbonyl (C=O) groups excluding carboxylic acids is 2. The molecule has 5 nitrogen and oxygen atoms in total. The van der Waals surface area contributed by atoms with Crippen LogP contribution in [0.5, 0.6) is 0 Å². The van der Waals surface area contributed by atoms with Crippen molar-refractivity contribution in [2.75, 3.05) is 10.6 Å². The lowest BCUT2D eigenvalue weighted by molar-refractivity contribution is -0.123. The van der Waals surface area contributed by atoms with Gasteiger partial charge >= 0.3 is 0 Å². The van der Waals surface area contributed by atoms with Gasteiger partial charge in [0.1, 0.15) is 5.82 Å². The third kappa shape index (κ3) is 4.19. The molecule has 4 rings (SSSR count). The summed E-state index contributed by atoms with van der Waals surface area (Å²) in [6, 6.07) is 12.3. The monoisotopic (exact) mass is 409 g/mol. The average molecular weight is 409 g/mol. The number of rotatable bonds is 5. The van der Waals surface area contributed by atoms with Crippen molar-refractivity contribution in [3.63, 3.8) is 0 Å². The maximum atomic E-state index is 13.5. The molecule has 1 unspecified atom stereocenters. The van der Waals surface area contributed by atoms with Gasteiger partial charge in [0.2, 0.25) is 11.8 Å². The minimum Gasteiger partial charge on any atom is -0.326 e. The second kappa shape index (κ2) is 8.13. The van der Waals surface area contributed by atoms with E-state index in [1.54, 1.807) is 6.07 Å². The van der Waals surface area contributed by atoms with Gasteiger partial charge in [-0.25, -0.2) is 9.37 Å². The molecule has 0 fully saturated rings. The second-order valence-electron chi connectivity index (χ2n) is 7.01. The van der Waals surface area contributed by atoms with Crippen LogP contribution in [0.1, 0.15) is 36.8 Å². The molecule has 2 amide bonds. The number of aryl methyl sites for hydroxylation is 1. The van der Waals surface area contributed by atoms with Crippen LogP contribution >= 0.6 is 11.3 Å². The molecule has 0 saturated heterocycles. The normalized spacial score (nSPS) is 15.5. The van der Waals surface area contributed by atoms with E-state index in [0.717, 1.165) is 24.1 Å². The van der Waals surface area contributed by atoms with Crippen LogP contribution in [-0.2, 0) is 16.0 Å². The molecule has 2 aromatic carbocycles. The Hall–Kier alpha value is -3.06. The number of nitrogens with zero attached hydrogens (tertiary/aromatic N) is 1. The van der Waals surface area contributed by atoms with Crippen molar-refractivity contribution >= 4 is 34.0 Å². The Morgan fingerprint density at radius 1 is 1.28 bits per heavy atom. The summed E-state index contributed by atoms with van der Waals surface area (Å²) in [6.45, 7) is 2.15. The fraction of sp³-hybridized carbons (Fsp3) is 0.227. The summed E-state index contributed by atoms with van der Waals surface area (Å²) in [6.07, 6.45) is 2.15. The predicted molar refractivity (Wildman–Crippen MR) is 113 cm³/mol. The summed E-state index contributed by atoms with van der Waals surface area (Å²) < 4.78 is 13.5. The largest absolute Gasteiger partial charge is 0.326 e. The molecule has 29 heavy (non-hydrogen) atoms. The zero-order chi connectivity index (χ0) is 20.4. The highest BCUT2D eigenvalue weighted by molar-refractivity contribution is 7.14. The quantitative estimate of drug-likeness (QED) is 0.625. The minimum absolute atomic E-state index is 0.0155. The summed E-state index contributed by atoms with van der Waals surface area (Å²) in [7, 11) is 0. The molecule has 0 bridgehead atoms. The first-order chi connectivity index (χ1) is 14.0. The number of aromatic nitrogens is 1. The van der Waals surface area contributed by atoms with Crippen molar-refractivity contribution in [2.45, 2.75) is 32.1 Å². The molecule has 1 atom stereocenters. The number of thiazole rings is 1. The summed E-state index contributed by atoms with van der Waals surface area (Å²) in [5.74, 6) is -1.78. The maximum Gasteiger partial charge on any atom is 0.234 e. The van der Waals surface area contributed by atoms with Gasteiger partial charge in [0.15, 0.2) is 5.13 Å². The van der Waals surface area contributed by atoms with E-state index in [9.17, 15) is 14.0 Å². The van der Waals surface area contributed by atoms with E-state index in [2.05, 4.69) is 34.7 Å². The van der Waals surface area contributed by atoms with Crippen LogP contribution in [0.3, 0.4) is 0 Å². The highest BCUT2D eigenvalue weighted by Gasteiger charge is 2.31. The Morgan fingerprint density at radius 3 is 2.83 bits per heavy atom. The topological polar surface area (TPSA) is 71.1 Å². The number of anilines is 2. The summed E-state index contributed by atoms with van der Waals surface area (Å²) >= 11 is 1.33. The van der Waals surface area contributed by atoms with Crippen molar-refractivity contribution in [3.05, 3.63) is 64.8 Å². The summed E-state index contributed by atoms with van der Waals surface area (Å²) in [4.78, 5) is 29.3. The van der Waals surface area contributed by atoms with Crippen LogP contribution in [0.25, 0.3) is 11.3 Å². The second-order valence-corrected chi connectivity index (χ2v) is 7.87. The molecule has 1 aliphatic rings.